The third-order valence-corrected chi connectivity index (χ3v) is 5.90. The zero-order chi connectivity index (χ0) is 13.2. The van der Waals surface area contributed by atoms with Gasteiger partial charge in [0, 0.05) is 6.04 Å². The van der Waals surface area contributed by atoms with Crippen LogP contribution in [0.3, 0.4) is 0 Å². The van der Waals surface area contributed by atoms with Crippen molar-refractivity contribution in [3.05, 3.63) is 22.4 Å². The first-order valence-electron chi connectivity index (χ1n) is 7.99. The Morgan fingerprint density at radius 3 is 2.74 bits per heavy atom. The third-order valence-electron chi connectivity index (χ3n) is 5.19. The van der Waals surface area contributed by atoms with Gasteiger partial charge < -0.3 is 5.32 Å². The summed E-state index contributed by atoms with van der Waals surface area (Å²) in [7, 11) is 0. The molecule has 0 amide bonds. The summed E-state index contributed by atoms with van der Waals surface area (Å²) >= 11 is 1.86. The minimum Gasteiger partial charge on any atom is -0.314 e. The van der Waals surface area contributed by atoms with E-state index in [0.29, 0.717) is 0 Å². The standard InChI is InChI=1S/C17H27NS/c1-12(2)13-3-4-14(10-18-16-5-6-16)17(9-13)15-7-8-19-11-15/h7-8,11-14,16-18H,3-6,9-10H2,1-2H3. The van der Waals surface area contributed by atoms with E-state index in [1.165, 1.54) is 38.6 Å². The van der Waals surface area contributed by atoms with Crippen molar-refractivity contribution in [3.8, 4) is 0 Å². The first-order valence-corrected chi connectivity index (χ1v) is 8.93. The van der Waals surface area contributed by atoms with Crippen LogP contribution in [-0.4, -0.2) is 12.6 Å². The van der Waals surface area contributed by atoms with E-state index in [4.69, 9.17) is 0 Å². The van der Waals surface area contributed by atoms with Gasteiger partial charge in [0.25, 0.3) is 0 Å². The fourth-order valence-corrected chi connectivity index (χ4v) is 4.34. The van der Waals surface area contributed by atoms with E-state index in [-0.39, 0.29) is 0 Å². The molecule has 1 N–H and O–H groups in total. The molecule has 2 heteroatoms. The van der Waals surface area contributed by atoms with Gasteiger partial charge in [-0.2, -0.15) is 11.3 Å². The van der Waals surface area contributed by atoms with Gasteiger partial charge in [0.2, 0.25) is 0 Å². The molecule has 2 fully saturated rings. The van der Waals surface area contributed by atoms with Crippen LogP contribution in [-0.2, 0) is 0 Å². The predicted octanol–water partition coefficient (Wildman–Crippen LogP) is 4.66. The average Bonchev–Trinajstić information content (AvgIpc) is 3.08. The quantitative estimate of drug-likeness (QED) is 0.825. The maximum Gasteiger partial charge on any atom is 0.00683 e. The lowest BCUT2D eigenvalue weighted by Gasteiger charge is -2.38. The van der Waals surface area contributed by atoms with Crippen molar-refractivity contribution < 1.29 is 0 Å². The number of nitrogens with one attached hydrogen (secondary N) is 1. The van der Waals surface area contributed by atoms with Gasteiger partial charge in [-0.15, -0.1) is 0 Å². The predicted molar refractivity (Wildman–Crippen MR) is 83.8 cm³/mol. The minimum absolute atomic E-state index is 0.804. The number of hydrogen-bond acceptors (Lipinski definition) is 2. The van der Waals surface area contributed by atoms with E-state index >= 15 is 0 Å². The minimum atomic E-state index is 0.804. The summed E-state index contributed by atoms with van der Waals surface area (Å²) in [4.78, 5) is 0. The molecule has 0 bridgehead atoms. The summed E-state index contributed by atoms with van der Waals surface area (Å²) < 4.78 is 0. The van der Waals surface area contributed by atoms with Gasteiger partial charge in [-0.25, -0.2) is 0 Å². The Kier molecular flexibility index (Phi) is 4.28. The highest BCUT2D eigenvalue weighted by molar-refractivity contribution is 7.07. The van der Waals surface area contributed by atoms with Gasteiger partial charge >= 0.3 is 0 Å². The van der Waals surface area contributed by atoms with Crippen molar-refractivity contribution in [2.45, 2.75) is 57.9 Å². The molecule has 2 aliphatic carbocycles. The highest BCUT2D eigenvalue weighted by Crippen LogP contribution is 2.43. The molecule has 106 valence electrons. The van der Waals surface area contributed by atoms with E-state index in [1.807, 2.05) is 11.3 Å². The molecular formula is C17H27NS. The largest absolute Gasteiger partial charge is 0.314 e. The third kappa shape index (κ3) is 3.41. The molecule has 1 aromatic rings. The summed E-state index contributed by atoms with van der Waals surface area (Å²) in [6.07, 6.45) is 7.08. The van der Waals surface area contributed by atoms with Gasteiger partial charge in [-0.05, 0) is 84.7 Å². The molecule has 2 aliphatic rings. The van der Waals surface area contributed by atoms with Crippen molar-refractivity contribution in [2.24, 2.45) is 17.8 Å². The Hall–Kier alpha value is -0.340. The molecule has 1 nitrogen and oxygen atoms in total. The SMILES string of the molecule is CC(C)C1CCC(CNC2CC2)C(c2ccsc2)C1. The first-order chi connectivity index (χ1) is 9.24. The zero-order valence-electron chi connectivity index (χ0n) is 12.3. The Labute approximate surface area is 121 Å². The highest BCUT2D eigenvalue weighted by atomic mass is 32.1. The van der Waals surface area contributed by atoms with Crippen molar-refractivity contribution in [3.63, 3.8) is 0 Å². The van der Waals surface area contributed by atoms with E-state index in [9.17, 15) is 0 Å². The summed E-state index contributed by atoms with van der Waals surface area (Å²) in [5, 5.41) is 8.40. The Morgan fingerprint density at radius 1 is 1.26 bits per heavy atom. The maximum absolute atomic E-state index is 3.77. The lowest BCUT2D eigenvalue weighted by atomic mass is 9.68. The van der Waals surface area contributed by atoms with Crippen LogP contribution in [0.5, 0.6) is 0 Å². The fraction of sp³-hybridized carbons (Fsp3) is 0.765. The first kappa shape index (κ1) is 13.6. The van der Waals surface area contributed by atoms with Gasteiger partial charge in [0.05, 0.1) is 0 Å². The number of hydrogen-bond donors (Lipinski definition) is 1. The molecule has 0 aliphatic heterocycles. The molecule has 0 aromatic carbocycles. The lowest BCUT2D eigenvalue weighted by Crippen LogP contribution is -2.34. The molecule has 3 atom stereocenters. The molecule has 0 spiro atoms. The van der Waals surface area contributed by atoms with E-state index in [2.05, 4.69) is 36.0 Å². The summed E-state index contributed by atoms with van der Waals surface area (Å²) in [6, 6.07) is 3.22. The molecule has 0 saturated heterocycles. The molecule has 19 heavy (non-hydrogen) atoms. The number of thiophene rings is 1. The Balaban J connectivity index is 1.67. The van der Waals surface area contributed by atoms with Gasteiger partial charge in [0.1, 0.15) is 0 Å². The number of rotatable bonds is 5. The Morgan fingerprint density at radius 2 is 2.11 bits per heavy atom. The van der Waals surface area contributed by atoms with Crippen LogP contribution in [0.4, 0.5) is 0 Å². The summed E-state index contributed by atoms with van der Waals surface area (Å²) in [5.74, 6) is 3.45. The van der Waals surface area contributed by atoms with Crippen molar-refractivity contribution in [1.29, 1.82) is 0 Å². The van der Waals surface area contributed by atoms with Crippen LogP contribution < -0.4 is 5.32 Å². The molecule has 1 heterocycles. The fourth-order valence-electron chi connectivity index (χ4n) is 3.62. The monoisotopic (exact) mass is 277 g/mol. The van der Waals surface area contributed by atoms with Crippen LogP contribution in [0.25, 0.3) is 0 Å². The lowest BCUT2D eigenvalue weighted by molar-refractivity contribution is 0.190. The highest BCUT2D eigenvalue weighted by Gasteiger charge is 2.33. The van der Waals surface area contributed by atoms with Gasteiger partial charge in [0.15, 0.2) is 0 Å². The van der Waals surface area contributed by atoms with Crippen molar-refractivity contribution in [1.82, 2.24) is 5.32 Å². The second kappa shape index (κ2) is 5.97. The normalized spacial score (nSPS) is 31.8. The van der Waals surface area contributed by atoms with E-state index in [1.54, 1.807) is 5.56 Å². The molecule has 0 radical (unpaired) electrons. The van der Waals surface area contributed by atoms with Crippen LogP contribution in [0.1, 0.15) is 57.4 Å². The van der Waals surface area contributed by atoms with Gasteiger partial charge in [-0.1, -0.05) is 13.8 Å². The second-order valence-electron chi connectivity index (χ2n) is 6.92. The van der Waals surface area contributed by atoms with E-state index in [0.717, 1.165) is 29.7 Å². The molecule has 3 unspecified atom stereocenters. The maximum atomic E-state index is 3.77. The molecule has 3 rings (SSSR count). The average molecular weight is 277 g/mol. The van der Waals surface area contributed by atoms with Crippen molar-refractivity contribution >= 4 is 11.3 Å². The smallest absolute Gasteiger partial charge is 0.00683 e. The van der Waals surface area contributed by atoms with Crippen LogP contribution in [0.2, 0.25) is 0 Å². The zero-order valence-corrected chi connectivity index (χ0v) is 13.1. The molecule has 2 saturated carbocycles. The van der Waals surface area contributed by atoms with Crippen LogP contribution in [0, 0.1) is 17.8 Å². The molecule has 1 aromatic heterocycles. The van der Waals surface area contributed by atoms with Crippen LogP contribution in [0.15, 0.2) is 16.8 Å². The summed E-state index contributed by atoms with van der Waals surface area (Å²) in [5.41, 5.74) is 1.61. The summed E-state index contributed by atoms with van der Waals surface area (Å²) in [6.45, 7) is 6.05. The second-order valence-corrected chi connectivity index (χ2v) is 7.70. The van der Waals surface area contributed by atoms with Crippen LogP contribution >= 0.6 is 11.3 Å². The van der Waals surface area contributed by atoms with Gasteiger partial charge in [-0.3, -0.25) is 0 Å². The topological polar surface area (TPSA) is 12.0 Å². The van der Waals surface area contributed by atoms with Crippen molar-refractivity contribution in [2.75, 3.05) is 6.54 Å². The molecular weight excluding hydrogens is 250 g/mol. The van der Waals surface area contributed by atoms with E-state index < -0.39 is 0 Å². The Bertz CT molecular complexity index is 380.